The summed E-state index contributed by atoms with van der Waals surface area (Å²) < 4.78 is 10.4. The molecule has 146 heavy (non-hydrogen) atoms. The molecule has 0 unspecified atom stereocenters. The van der Waals surface area contributed by atoms with Crippen molar-refractivity contribution in [1.29, 1.82) is 0 Å². The summed E-state index contributed by atoms with van der Waals surface area (Å²) in [5, 5.41) is 31.4. The third-order valence-electron chi connectivity index (χ3n) is 32.4. The Morgan fingerprint density at radius 1 is 0.219 bits per heavy atom. The smallest absolute Gasteiger partial charge is 0.0640 e. The van der Waals surface area contributed by atoms with E-state index in [0.29, 0.717) is 0 Å². The SMILES string of the molecule is CC(C)c1cc(N(c2ccccc2-c2ccccc2)c2cccc3c2sc2ccccc23)c2cc3c4c(cc(N(c5ccccc5-c5ccccc5)c5cccc6c5sc5ccccc56)c5ccc1c2c54)CCC3(C)C.Cc1cc(N(c2cccc3ccccc23)c2cccc3c2sc2ccccc23)c2cc3c4c(cc(N(c5cccc6ccccc56)c5cccc6c5sc5ccccc56)c5ccc1c2c54)CCC3(C)C. The maximum absolute atomic E-state index is 2.65. The van der Waals surface area contributed by atoms with E-state index < -0.39 is 0 Å². The lowest BCUT2D eigenvalue weighted by molar-refractivity contribution is 0.475. The standard InChI is InChI=1S/C72H54N2S2.C66H46N2S2/c1-44(2)56-43-64(74(60-32-16-12-26-49(60)46-23-9-6-10-24-46)62-34-20-30-54-51-28-14-18-36-66(51)76-71(54)62)57-42-58-67-47(39-40-72(58,3)4)41-63(55-38-37-52(56)68(57)69(55)67)73(59-31-15-11-25-48(59)45-21-7-5-8-22-45)61-33-19-29-53-50-27-13-17-35-65(50)75-70(53)61;1-39-36-57(67(53-26-12-18-40-16-4-6-20-44(40)53)55-28-14-24-48-46-22-8-10-30-59(46)69-64(48)55)51-38-52-61-42(34-35-66(52,2)3)37-58(50-33-32-43(39)62(51)63(50)61)68(54-27-13-19-41-17-5-7-21-45(41)54)56-29-15-25-49-47-23-9-11-31-60(47)70-65(49)56/h5-38,41-44H,39-40H2,1-4H3;4-33,36-38H,34-35H2,1-3H3. The van der Waals surface area contributed by atoms with Crippen LogP contribution in [-0.2, 0) is 23.7 Å². The van der Waals surface area contributed by atoms with Crippen LogP contribution < -0.4 is 19.6 Å². The average Bonchev–Trinajstić information content (AvgIpc) is 0.695. The minimum atomic E-state index is -0.0736. The van der Waals surface area contributed by atoms with Crippen LogP contribution in [-0.4, -0.2) is 0 Å². The van der Waals surface area contributed by atoms with Crippen molar-refractivity contribution in [2.75, 3.05) is 19.6 Å². The fourth-order valence-electron chi connectivity index (χ4n) is 25.4. The number of hydrogen-bond donors (Lipinski definition) is 0. The molecule has 30 rings (SSSR count). The maximum Gasteiger partial charge on any atom is 0.0640 e. The van der Waals surface area contributed by atoms with Crippen LogP contribution in [0.4, 0.5) is 68.2 Å². The summed E-state index contributed by atoms with van der Waals surface area (Å²) in [4.78, 5) is 10.5. The summed E-state index contributed by atoms with van der Waals surface area (Å²) in [6.45, 7) is 17.0. The predicted molar refractivity (Wildman–Crippen MR) is 638 cm³/mol. The van der Waals surface area contributed by atoms with Crippen LogP contribution in [0.2, 0.25) is 0 Å². The van der Waals surface area contributed by atoms with E-state index in [0.717, 1.165) is 31.4 Å². The molecule has 696 valence electrons. The van der Waals surface area contributed by atoms with E-state index in [9.17, 15) is 0 Å². The monoisotopic (exact) mass is 1940 g/mol. The number of rotatable bonds is 15. The van der Waals surface area contributed by atoms with E-state index in [-0.39, 0.29) is 16.7 Å². The van der Waals surface area contributed by atoms with E-state index in [1.54, 1.807) is 0 Å². The van der Waals surface area contributed by atoms with Gasteiger partial charge in [-0.05, 0) is 246 Å². The highest BCUT2D eigenvalue weighted by Crippen LogP contribution is 2.62. The molecule has 0 amide bonds. The van der Waals surface area contributed by atoms with E-state index >= 15 is 0 Å². The summed E-state index contributed by atoms with van der Waals surface area (Å²) in [5.41, 5.74) is 27.4. The number of nitrogens with zero attached hydrogens (tertiary/aromatic N) is 4. The van der Waals surface area contributed by atoms with Gasteiger partial charge in [0.2, 0.25) is 0 Å². The number of hydrogen-bond acceptors (Lipinski definition) is 8. The molecule has 0 atom stereocenters. The van der Waals surface area contributed by atoms with Crippen LogP contribution in [0.1, 0.15) is 93.7 Å². The van der Waals surface area contributed by atoms with Gasteiger partial charge in [-0.25, -0.2) is 0 Å². The van der Waals surface area contributed by atoms with Gasteiger partial charge in [0.05, 0.1) is 87.0 Å². The lowest BCUT2D eigenvalue weighted by atomic mass is 9.70. The third-order valence-corrected chi connectivity index (χ3v) is 37.2. The van der Waals surface area contributed by atoms with Crippen LogP contribution in [0.3, 0.4) is 0 Å². The van der Waals surface area contributed by atoms with Crippen LogP contribution in [0.5, 0.6) is 0 Å². The molecule has 0 N–H and O–H groups in total. The zero-order valence-electron chi connectivity index (χ0n) is 82.2. The molecule has 24 aromatic carbocycles. The minimum Gasteiger partial charge on any atom is -0.308 e. The summed E-state index contributed by atoms with van der Waals surface area (Å²) in [7, 11) is 0. The second kappa shape index (κ2) is 33.5. The van der Waals surface area contributed by atoms with E-state index in [1.807, 2.05) is 45.3 Å². The normalized spacial score (nSPS) is 13.5. The molecule has 0 fully saturated rings. The number of benzene rings is 24. The van der Waals surface area contributed by atoms with Crippen LogP contribution >= 0.6 is 45.3 Å². The van der Waals surface area contributed by atoms with Crippen molar-refractivity contribution >= 4 is 280 Å². The van der Waals surface area contributed by atoms with Crippen molar-refractivity contribution in [3.05, 3.63) is 458 Å². The fraction of sp³-hybridized carbons (Fsp3) is 0.101. The summed E-state index contributed by atoms with van der Waals surface area (Å²) >= 11 is 7.62. The number of aryl methyl sites for hydroxylation is 3. The first-order valence-corrected chi connectivity index (χ1v) is 54.6. The lowest BCUT2D eigenvalue weighted by Gasteiger charge is -2.37. The second-order valence-corrected chi connectivity index (χ2v) is 46.1. The topological polar surface area (TPSA) is 13.0 Å². The molecule has 2 aliphatic carbocycles. The number of anilines is 12. The Hall–Kier alpha value is -16.0. The molecule has 4 heterocycles. The van der Waals surface area contributed by atoms with Crippen molar-refractivity contribution in [3.63, 3.8) is 0 Å². The summed E-state index contributed by atoms with van der Waals surface area (Å²) in [5.74, 6) is 0.247. The van der Waals surface area contributed by atoms with Crippen molar-refractivity contribution in [2.45, 2.75) is 90.9 Å². The van der Waals surface area contributed by atoms with Gasteiger partial charge in [-0.1, -0.05) is 357 Å². The van der Waals surface area contributed by atoms with Crippen molar-refractivity contribution in [1.82, 2.24) is 0 Å². The maximum atomic E-state index is 2.65. The minimum absolute atomic E-state index is 0.0444. The predicted octanol–water partition coefficient (Wildman–Crippen LogP) is 42.0. The van der Waals surface area contributed by atoms with Crippen LogP contribution in [0.25, 0.3) is 189 Å². The van der Waals surface area contributed by atoms with Gasteiger partial charge in [0, 0.05) is 116 Å². The Morgan fingerprint density at radius 3 is 0.918 bits per heavy atom. The summed E-state index contributed by atoms with van der Waals surface area (Å²) in [6, 6.07) is 160. The zero-order valence-corrected chi connectivity index (χ0v) is 85.5. The molecule has 0 radical (unpaired) electrons. The largest absolute Gasteiger partial charge is 0.308 e. The van der Waals surface area contributed by atoms with Crippen LogP contribution in [0, 0.1) is 6.92 Å². The molecule has 28 aromatic rings. The molecule has 4 aromatic heterocycles. The second-order valence-electron chi connectivity index (χ2n) is 41.9. The van der Waals surface area contributed by atoms with Gasteiger partial charge < -0.3 is 19.6 Å². The molecule has 2 aliphatic rings. The van der Waals surface area contributed by atoms with Gasteiger partial charge >= 0.3 is 0 Å². The van der Waals surface area contributed by atoms with E-state index in [1.165, 1.54) is 285 Å². The van der Waals surface area contributed by atoms with Gasteiger partial charge in [0.1, 0.15) is 0 Å². The van der Waals surface area contributed by atoms with Crippen molar-refractivity contribution in [2.24, 2.45) is 0 Å². The molecule has 0 aliphatic heterocycles. The molecular formula is C138H100N4S4. The highest BCUT2D eigenvalue weighted by Gasteiger charge is 2.39. The van der Waals surface area contributed by atoms with Gasteiger partial charge in [0.15, 0.2) is 0 Å². The Labute approximate surface area is 864 Å². The first-order chi connectivity index (χ1) is 71.7. The molecule has 0 saturated carbocycles. The van der Waals surface area contributed by atoms with Gasteiger partial charge in [-0.2, -0.15) is 0 Å². The molecule has 0 saturated heterocycles. The van der Waals surface area contributed by atoms with Gasteiger partial charge in [-0.3, -0.25) is 0 Å². The Morgan fingerprint density at radius 2 is 0.514 bits per heavy atom. The molecule has 0 spiro atoms. The Bertz CT molecular complexity index is 10200. The third kappa shape index (κ3) is 13.3. The van der Waals surface area contributed by atoms with Gasteiger partial charge in [-0.15, -0.1) is 45.3 Å². The molecule has 0 bridgehead atoms. The summed E-state index contributed by atoms with van der Waals surface area (Å²) in [6.07, 6.45) is 4.13. The van der Waals surface area contributed by atoms with Gasteiger partial charge in [0.25, 0.3) is 0 Å². The quantitative estimate of drug-likeness (QED) is 0.0949. The average molecular weight is 1940 g/mol. The van der Waals surface area contributed by atoms with E-state index in [2.05, 4.69) is 493 Å². The Kier molecular flexibility index (Phi) is 19.9. The first kappa shape index (κ1) is 86.6. The number of fused-ring (bicyclic) bond motifs is 14. The molecular weight excluding hydrogens is 1840 g/mol. The zero-order chi connectivity index (χ0) is 97.2. The van der Waals surface area contributed by atoms with Crippen molar-refractivity contribution in [3.8, 4) is 22.3 Å². The highest BCUT2D eigenvalue weighted by molar-refractivity contribution is 7.27. The number of thiophene rings is 4. The lowest BCUT2D eigenvalue weighted by Crippen LogP contribution is -2.24. The molecule has 8 heteroatoms. The first-order valence-electron chi connectivity index (χ1n) is 51.4. The Balaban J connectivity index is 0.000000139. The highest BCUT2D eigenvalue weighted by atomic mass is 32.1. The molecule has 4 nitrogen and oxygen atoms in total. The van der Waals surface area contributed by atoms with E-state index in [4.69, 9.17) is 0 Å². The number of para-hydroxylation sites is 2. The van der Waals surface area contributed by atoms with Crippen molar-refractivity contribution < 1.29 is 0 Å². The van der Waals surface area contributed by atoms with Crippen LogP contribution in [0.15, 0.2) is 425 Å². The fourth-order valence-corrected chi connectivity index (χ4v) is 30.2.